The van der Waals surface area contributed by atoms with Crippen LogP contribution in [0.3, 0.4) is 0 Å². The molecule has 0 N–H and O–H groups in total. The minimum Gasteiger partial charge on any atom is -0.352 e. The van der Waals surface area contributed by atoms with Gasteiger partial charge in [-0.1, -0.05) is 0 Å². The molecule has 136 valence electrons. The van der Waals surface area contributed by atoms with Crippen molar-refractivity contribution in [2.75, 3.05) is 36.0 Å². The zero-order chi connectivity index (χ0) is 18.4. The summed E-state index contributed by atoms with van der Waals surface area (Å²) in [6, 6.07) is 2.12. The SMILES string of the molecule is Cc1cc2c(N3CCN(c4c([N+](=O)[O-])c(C)nn4C)CC3)ncnc2s1. The van der Waals surface area contributed by atoms with Gasteiger partial charge in [-0.15, -0.1) is 11.3 Å². The van der Waals surface area contributed by atoms with Gasteiger partial charge < -0.3 is 9.80 Å². The molecule has 3 aromatic heterocycles. The fourth-order valence-corrected chi connectivity index (χ4v) is 4.39. The van der Waals surface area contributed by atoms with Gasteiger partial charge in [0.25, 0.3) is 0 Å². The van der Waals surface area contributed by atoms with Gasteiger partial charge in [-0.3, -0.25) is 10.1 Å². The fraction of sp³-hybridized carbons (Fsp3) is 0.438. The van der Waals surface area contributed by atoms with E-state index in [1.807, 2.05) is 4.90 Å². The van der Waals surface area contributed by atoms with Crippen molar-refractivity contribution in [2.24, 2.45) is 7.05 Å². The number of fused-ring (bicyclic) bond motifs is 1. The van der Waals surface area contributed by atoms with Crippen molar-refractivity contribution in [1.29, 1.82) is 0 Å². The van der Waals surface area contributed by atoms with Crippen molar-refractivity contribution in [3.63, 3.8) is 0 Å². The van der Waals surface area contributed by atoms with Crippen LogP contribution in [-0.2, 0) is 7.05 Å². The van der Waals surface area contributed by atoms with E-state index in [0.29, 0.717) is 24.6 Å². The normalized spacial score (nSPS) is 15.0. The largest absolute Gasteiger partial charge is 0.352 e. The summed E-state index contributed by atoms with van der Waals surface area (Å²) in [6.45, 7) is 6.57. The highest BCUT2D eigenvalue weighted by Gasteiger charge is 2.31. The first-order valence-corrected chi connectivity index (χ1v) is 9.16. The molecule has 1 aliphatic rings. The average molecular weight is 373 g/mol. The van der Waals surface area contributed by atoms with Gasteiger partial charge in [0.15, 0.2) is 0 Å². The van der Waals surface area contributed by atoms with Crippen LogP contribution in [0.4, 0.5) is 17.3 Å². The number of hydrogen-bond acceptors (Lipinski definition) is 8. The van der Waals surface area contributed by atoms with Crippen LogP contribution in [0.1, 0.15) is 10.6 Å². The Labute approximate surface area is 154 Å². The van der Waals surface area contributed by atoms with Crippen molar-refractivity contribution in [3.8, 4) is 0 Å². The highest BCUT2D eigenvalue weighted by atomic mass is 32.1. The summed E-state index contributed by atoms with van der Waals surface area (Å²) in [5, 5.41) is 16.7. The lowest BCUT2D eigenvalue weighted by Gasteiger charge is -2.36. The Morgan fingerprint density at radius 1 is 1.15 bits per heavy atom. The molecule has 1 aliphatic heterocycles. The Bertz CT molecular complexity index is 988. The summed E-state index contributed by atoms with van der Waals surface area (Å²) < 4.78 is 1.61. The quantitative estimate of drug-likeness (QED) is 0.513. The summed E-state index contributed by atoms with van der Waals surface area (Å²) in [5.74, 6) is 1.51. The Balaban J connectivity index is 1.59. The number of anilines is 2. The van der Waals surface area contributed by atoms with Gasteiger partial charge in [0.2, 0.25) is 5.82 Å². The monoisotopic (exact) mass is 373 g/mol. The molecule has 0 atom stereocenters. The third-order valence-corrected chi connectivity index (χ3v) is 5.61. The molecule has 10 heteroatoms. The molecule has 4 heterocycles. The van der Waals surface area contributed by atoms with Crippen molar-refractivity contribution < 1.29 is 4.92 Å². The first-order chi connectivity index (χ1) is 12.5. The van der Waals surface area contributed by atoms with Crippen LogP contribution >= 0.6 is 11.3 Å². The predicted molar refractivity (Wildman–Crippen MR) is 101 cm³/mol. The summed E-state index contributed by atoms with van der Waals surface area (Å²) in [5.41, 5.74) is 0.542. The molecule has 0 saturated carbocycles. The van der Waals surface area contributed by atoms with E-state index in [1.54, 1.807) is 36.3 Å². The van der Waals surface area contributed by atoms with Crippen LogP contribution in [0.2, 0.25) is 0 Å². The smallest absolute Gasteiger partial charge is 0.333 e. The molecule has 0 spiro atoms. The third kappa shape index (κ3) is 2.66. The fourth-order valence-electron chi connectivity index (χ4n) is 3.55. The van der Waals surface area contributed by atoms with Crippen molar-refractivity contribution in [2.45, 2.75) is 13.8 Å². The Morgan fingerprint density at radius 2 is 1.85 bits per heavy atom. The molecule has 9 nitrogen and oxygen atoms in total. The maximum atomic E-state index is 11.4. The van der Waals surface area contributed by atoms with E-state index in [4.69, 9.17) is 0 Å². The van der Waals surface area contributed by atoms with E-state index < -0.39 is 0 Å². The maximum Gasteiger partial charge on any atom is 0.333 e. The molecule has 0 unspecified atom stereocenters. The number of aromatic nitrogens is 4. The molecule has 0 bridgehead atoms. The van der Waals surface area contributed by atoms with Gasteiger partial charge >= 0.3 is 5.69 Å². The number of thiophene rings is 1. The standard InChI is InChI=1S/C16H19N7O2S/c1-10-8-12-14(17-9-18-15(12)26-10)21-4-6-22(7-5-21)16-13(23(24)25)11(2)19-20(16)3/h8-9H,4-7H2,1-3H3. The van der Waals surface area contributed by atoms with E-state index in [9.17, 15) is 10.1 Å². The van der Waals surface area contributed by atoms with Gasteiger partial charge in [-0.25, -0.2) is 14.6 Å². The minimum absolute atomic E-state index is 0.0961. The number of rotatable bonds is 3. The molecule has 26 heavy (non-hydrogen) atoms. The van der Waals surface area contributed by atoms with Crippen LogP contribution in [0.15, 0.2) is 12.4 Å². The number of nitro groups is 1. The van der Waals surface area contributed by atoms with Gasteiger partial charge in [0, 0.05) is 38.1 Å². The van der Waals surface area contributed by atoms with E-state index in [-0.39, 0.29) is 10.6 Å². The van der Waals surface area contributed by atoms with Crippen LogP contribution in [0.25, 0.3) is 10.2 Å². The predicted octanol–water partition coefficient (Wildman–Crippen LogP) is 2.28. The molecule has 0 aromatic carbocycles. The molecule has 0 aliphatic carbocycles. The summed E-state index contributed by atoms with van der Waals surface area (Å²) in [4.78, 5) is 26.4. The van der Waals surface area contributed by atoms with Crippen LogP contribution in [0.5, 0.6) is 0 Å². The maximum absolute atomic E-state index is 11.4. The Morgan fingerprint density at radius 3 is 2.54 bits per heavy atom. The van der Waals surface area contributed by atoms with Gasteiger partial charge in [0.1, 0.15) is 22.7 Å². The van der Waals surface area contributed by atoms with Crippen molar-refractivity contribution in [3.05, 3.63) is 33.1 Å². The number of aryl methyl sites for hydroxylation is 3. The molecule has 3 aromatic rings. The molecular weight excluding hydrogens is 354 g/mol. The second-order valence-corrected chi connectivity index (χ2v) is 7.62. The summed E-state index contributed by atoms with van der Waals surface area (Å²) in [7, 11) is 1.75. The molecule has 1 fully saturated rings. The molecule has 0 amide bonds. The molecule has 4 rings (SSSR count). The lowest BCUT2D eigenvalue weighted by Crippen LogP contribution is -2.47. The lowest BCUT2D eigenvalue weighted by atomic mass is 10.2. The topological polar surface area (TPSA) is 93.2 Å². The van der Waals surface area contributed by atoms with Crippen LogP contribution in [-0.4, -0.2) is 50.9 Å². The average Bonchev–Trinajstić information content (AvgIpc) is 3.12. The highest BCUT2D eigenvalue weighted by Crippen LogP contribution is 2.33. The summed E-state index contributed by atoms with van der Waals surface area (Å²) in [6.07, 6.45) is 1.61. The van der Waals surface area contributed by atoms with Gasteiger partial charge in [0.05, 0.1) is 10.3 Å². The first kappa shape index (κ1) is 16.7. The zero-order valence-electron chi connectivity index (χ0n) is 14.8. The van der Waals surface area contributed by atoms with Crippen molar-refractivity contribution >= 4 is 38.9 Å². The van der Waals surface area contributed by atoms with Crippen LogP contribution in [0, 0.1) is 24.0 Å². The number of piperazine rings is 1. The molecule has 1 saturated heterocycles. The lowest BCUT2D eigenvalue weighted by molar-refractivity contribution is -0.384. The second-order valence-electron chi connectivity index (χ2n) is 6.39. The van der Waals surface area contributed by atoms with Gasteiger partial charge in [-0.05, 0) is 19.9 Å². The molecule has 0 radical (unpaired) electrons. The third-order valence-electron chi connectivity index (χ3n) is 4.65. The molecular formula is C16H19N7O2S. The number of hydrogen-bond donors (Lipinski definition) is 0. The van der Waals surface area contributed by atoms with Gasteiger partial charge in [-0.2, -0.15) is 5.10 Å². The number of nitrogens with zero attached hydrogens (tertiary/aromatic N) is 7. The zero-order valence-corrected chi connectivity index (χ0v) is 15.7. The summed E-state index contributed by atoms with van der Waals surface area (Å²) >= 11 is 1.66. The Kier molecular flexibility index (Phi) is 3.98. The first-order valence-electron chi connectivity index (χ1n) is 8.34. The van der Waals surface area contributed by atoms with E-state index in [1.165, 1.54) is 4.88 Å². The van der Waals surface area contributed by atoms with E-state index in [2.05, 4.69) is 33.0 Å². The second kappa shape index (κ2) is 6.20. The highest BCUT2D eigenvalue weighted by molar-refractivity contribution is 7.18. The minimum atomic E-state index is -0.341. The Hall–Kier alpha value is -2.75. The van der Waals surface area contributed by atoms with Crippen LogP contribution < -0.4 is 9.80 Å². The van der Waals surface area contributed by atoms with Crippen molar-refractivity contribution in [1.82, 2.24) is 19.7 Å². The van der Waals surface area contributed by atoms with E-state index >= 15 is 0 Å². The van der Waals surface area contributed by atoms with E-state index in [0.717, 1.165) is 29.1 Å².